The van der Waals surface area contributed by atoms with Crippen molar-refractivity contribution in [2.45, 2.75) is 19.9 Å². The fourth-order valence-electron chi connectivity index (χ4n) is 3.83. The van der Waals surface area contributed by atoms with E-state index in [0.717, 1.165) is 36.4 Å². The van der Waals surface area contributed by atoms with Gasteiger partial charge in [0, 0.05) is 43.5 Å². The summed E-state index contributed by atoms with van der Waals surface area (Å²) < 4.78 is 12.3. The number of benzene rings is 1. The van der Waals surface area contributed by atoms with Crippen molar-refractivity contribution in [2.24, 2.45) is 0 Å². The number of hydrogen-bond acceptors (Lipinski definition) is 6. The van der Waals surface area contributed by atoms with Crippen LogP contribution in [0.1, 0.15) is 12.5 Å². The summed E-state index contributed by atoms with van der Waals surface area (Å²) >= 11 is 0. The van der Waals surface area contributed by atoms with Crippen molar-refractivity contribution >= 4 is 11.3 Å². The van der Waals surface area contributed by atoms with Gasteiger partial charge in [-0.1, -0.05) is 0 Å². The van der Waals surface area contributed by atoms with E-state index in [2.05, 4.69) is 23.2 Å². The molecule has 1 N–H and O–H groups in total. The molecule has 1 aliphatic rings. The van der Waals surface area contributed by atoms with Gasteiger partial charge < -0.3 is 19.7 Å². The zero-order valence-electron chi connectivity index (χ0n) is 17.2. The Morgan fingerprint density at radius 2 is 1.93 bits per heavy atom. The van der Waals surface area contributed by atoms with Crippen LogP contribution in [0.5, 0.6) is 11.5 Å². The first-order valence-corrected chi connectivity index (χ1v) is 9.75. The number of fused-ring (bicyclic) bond motifs is 1. The monoisotopic (exact) mass is 394 g/mol. The number of aryl methyl sites for hydroxylation is 1. The van der Waals surface area contributed by atoms with Crippen molar-refractivity contribution in [1.29, 1.82) is 0 Å². The van der Waals surface area contributed by atoms with Gasteiger partial charge in [-0.3, -0.25) is 9.20 Å². The predicted molar refractivity (Wildman–Crippen MR) is 114 cm³/mol. The van der Waals surface area contributed by atoms with E-state index in [4.69, 9.17) is 14.5 Å². The molecule has 0 radical (unpaired) electrons. The highest BCUT2D eigenvalue weighted by Gasteiger charge is 2.18. The van der Waals surface area contributed by atoms with Crippen LogP contribution >= 0.6 is 0 Å². The lowest BCUT2D eigenvalue weighted by Crippen LogP contribution is -2.49. The largest absolute Gasteiger partial charge is 0.493 e. The van der Waals surface area contributed by atoms with E-state index in [1.807, 2.05) is 31.3 Å². The van der Waals surface area contributed by atoms with E-state index in [1.165, 1.54) is 0 Å². The SMILES string of the molecule is COc1ccc(-c2cc(=O)n3cc(N4CCN[C@H](C)C4)cc(C)c3n2)cc1OC. The lowest BCUT2D eigenvalue weighted by atomic mass is 10.1. The molecule has 0 aliphatic carbocycles. The zero-order chi connectivity index (χ0) is 20.5. The molecule has 0 amide bonds. The van der Waals surface area contributed by atoms with Gasteiger partial charge in [-0.25, -0.2) is 4.98 Å². The molecule has 1 atom stereocenters. The predicted octanol–water partition coefficient (Wildman–Crippen LogP) is 2.49. The minimum absolute atomic E-state index is 0.104. The average molecular weight is 394 g/mol. The van der Waals surface area contributed by atoms with Gasteiger partial charge in [0.05, 0.1) is 25.6 Å². The molecular formula is C22H26N4O3. The van der Waals surface area contributed by atoms with Crippen LogP contribution in [0.15, 0.2) is 41.3 Å². The molecule has 0 unspecified atom stereocenters. The Labute approximate surface area is 169 Å². The number of piperazine rings is 1. The molecular weight excluding hydrogens is 368 g/mol. The summed E-state index contributed by atoms with van der Waals surface area (Å²) in [6.45, 7) is 6.93. The molecule has 1 aliphatic heterocycles. The highest BCUT2D eigenvalue weighted by atomic mass is 16.5. The molecule has 0 saturated carbocycles. The Morgan fingerprint density at radius 1 is 1.14 bits per heavy atom. The summed E-state index contributed by atoms with van der Waals surface area (Å²) in [7, 11) is 3.19. The Hall–Kier alpha value is -3.06. The Kier molecular flexibility index (Phi) is 5.15. The first-order chi connectivity index (χ1) is 14.0. The van der Waals surface area contributed by atoms with Gasteiger partial charge in [0.2, 0.25) is 0 Å². The molecule has 0 spiro atoms. The standard InChI is InChI=1S/C22H26N4O3/c1-14-9-17(25-8-7-23-15(2)12-25)13-26-21(27)11-18(24-22(14)26)16-5-6-19(28-3)20(10-16)29-4/h5-6,9-11,13,15,23H,7-8,12H2,1-4H3/t15-/m1/s1. The van der Waals surface area contributed by atoms with Crippen molar-refractivity contribution in [1.82, 2.24) is 14.7 Å². The molecule has 7 heteroatoms. The number of aromatic nitrogens is 2. The lowest BCUT2D eigenvalue weighted by molar-refractivity contribution is 0.355. The van der Waals surface area contributed by atoms with Crippen molar-refractivity contribution in [3.8, 4) is 22.8 Å². The second kappa shape index (κ2) is 7.75. The molecule has 1 saturated heterocycles. The Morgan fingerprint density at radius 3 is 2.66 bits per heavy atom. The van der Waals surface area contributed by atoms with E-state index in [0.29, 0.717) is 28.9 Å². The van der Waals surface area contributed by atoms with E-state index in [-0.39, 0.29) is 5.56 Å². The summed E-state index contributed by atoms with van der Waals surface area (Å²) in [6.07, 6.45) is 1.90. The second-order valence-corrected chi connectivity index (χ2v) is 7.43. The van der Waals surface area contributed by atoms with Crippen LogP contribution in [0.25, 0.3) is 16.9 Å². The van der Waals surface area contributed by atoms with Crippen LogP contribution in [0.4, 0.5) is 5.69 Å². The molecule has 3 heterocycles. The van der Waals surface area contributed by atoms with Crippen molar-refractivity contribution in [3.63, 3.8) is 0 Å². The van der Waals surface area contributed by atoms with Crippen molar-refractivity contribution in [2.75, 3.05) is 38.8 Å². The van der Waals surface area contributed by atoms with E-state index < -0.39 is 0 Å². The minimum Gasteiger partial charge on any atom is -0.493 e. The summed E-state index contributed by atoms with van der Waals surface area (Å²) in [5.41, 5.74) is 3.99. The number of nitrogens with one attached hydrogen (secondary N) is 1. The topological polar surface area (TPSA) is 68.1 Å². The second-order valence-electron chi connectivity index (χ2n) is 7.43. The number of pyridine rings is 1. The van der Waals surface area contributed by atoms with Crippen LogP contribution in [0.2, 0.25) is 0 Å². The Balaban J connectivity index is 1.79. The molecule has 1 aromatic carbocycles. The number of methoxy groups -OCH3 is 2. The number of nitrogens with zero attached hydrogens (tertiary/aromatic N) is 3. The fraction of sp³-hybridized carbons (Fsp3) is 0.364. The lowest BCUT2D eigenvalue weighted by Gasteiger charge is -2.33. The van der Waals surface area contributed by atoms with Gasteiger partial charge in [-0.05, 0) is 43.7 Å². The maximum atomic E-state index is 12.9. The van der Waals surface area contributed by atoms with Crippen LogP contribution < -0.4 is 25.2 Å². The van der Waals surface area contributed by atoms with Crippen LogP contribution in [-0.2, 0) is 0 Å². The zero-order valence-corrected chi connectivity index (χ0v) is 17.2. The fourth-order valence-corrected chi connectivity index (χ4v) is 3.83. The highest BCUT2D eigenvalue weighted by Crippen LogP contribution is 2.31. The highest BCUT2D eigenvalue weighted by molar-refractivity contribution is 5.67. The third-order valence-electron chi connectivity index (χ3n) is 5.34. The number of rotatable bonds is 4. The van der Waals surface area contributed by atoms with E-state index in [9.17, 15) is 4.79 Å². The van der Waals surface area contributed by atoms with Gasteiger partial charge in [0.15, 0.2) is 11.5 Å². The molecule has 29 heavy (non-hydrogen) atoms. The third kappa shape index (κ3) is 3.65. The number of anilines is 1. The smallest absolute Gasteiger partial charge is 0.258 e. The Bertz CT molecular complexity index is 1110. The molecule has 4 rings (SSSR count). The first kappa shape index (κ1) is 19.3. The number of hydrogen-bond donors (Lipinski definition) is 1. The van der Waals surface area contributed by atoms with Gasteiger partial charge in [-0.15, -0.1) is 0 Å². The quantitative estimate of drug-likeness (QED) is 0.733. The normalized spacial score (nSPS) is 16.8. The molecule has 0 bridgehead atoms. The average Bonchev–Trinajstić information content (AvgIpc) is 2.73. The van der Waals surface area contributed by atoms with Gasteiger partial charge in [-0.2, -0.15) is 0 Å². The van der Waals surface area contributed by atoms with Crippen LogP contribution in [-0.4, -0.2) is 49.3 Å². The van der Waals surface area contributed by atoms with Crippen molar-refractivity contribution < 1.29 is 9.47 Å². The number of ether oxygens (including phenoxy) is 2. The van der Waals surface area contributed by atoms with Gasteiger partial charge >= 0.3 is 0 Å². The summed E-state index contributed by atoms with van der Waals surface area (Å²) in [5, 5.41) is 3.45. The van der Waals surface area contributed by atoms with Gasteiger partial charge in [0.1, 0.15) is 5.65 Å². The van der Waals surface area contributed by atoms with Gasteiger partial charge in [0.25, 0.3) is 5.56 Å². The molecule has 152 valence electrons. The summed E-state index contributed by atoms with van der Waals surface area (Å²) in [4.78, 5) is 20.0. The first-order valence-electron chi connectivity index (χ1n) is 9.75. The van der Waals surface area contributed by atoms with Crippen LogP contribution in [0.3, 0.4) is 0 Å². The molecule has 3 aromatic rings. The maximum absolute atomic E-state index is 12.9. The summed E-state index contributed by atoms with van der Waals surface area (Å²) in [5.74, 6) is 1.24. The van der Waals surface area contributed by atoms with Crippen LogP contribution in [0, 0.1) is 6.92 Å². The molecule has 2 aromatic heterocycles. The maximum Gasteiger partial charge on any atom is 0.258 e. The van der Waals surface area contributed by atoms with E-state index >= 15 is 0 Å². The third-order valence-corrected chi connectivity index (χ3v) is 5.34. The minimum atomic E-state index is -0.104. The van der Waals surface area contributed by atoms with Crippen molar-refractivity contribution in [3.05, 3.63) is 52.4 Å². The molecule has 7 nitrogen and oxygen atoms in total. The molecule has 1 fully saturated rings. The summed E-state index contributed by atoms with van der Waals surface area (Å²) in [6, 6.07) is 9.63. The van der Waals surface area contributed by atoms with E-state index in [1.54, 1.807) is 24.7 Å².